The zero-order valence-corrected chi connectivity index (χ0v) is 12.8. The number of hydrogen-bond acceptors (Lipinski definition) is 3. The number of likely N-dealkylation sites (N-methyl/N-ethyl adjacent to an activating group) is 1. The second-order valence-corrected chi connectivity index (χ2v) is 6.11. The maximum absolute atomic E-state index is 6.33. The molecule has 1 saturated heterocycles. The van der Waals surface area contributed by atoms with E-state index in [2.05, 4.69) is 42.1 Å². The molecular formula is C15H24ClN3. The monoisotopic (exact) mass is 281 g/mol. The molecule has 3 nitrogen and oxygen atoms in total. The predicted molar refractivity (Wildman–Crippen MR) is 83.0 cm³/mol. The molecule has 1 aromatic rings. The van der Waals surface area contributed by atoms with Crippen molar-refractivity contribution in [2.45, 2.75) is 31.8 Å². The summed E-state index contributed by atoms with van der Waals surface area (Å²) in [5.74, 6) is 0. The van der Waals surface area contributed by atoms with E-state index in [1.807, 2.05) is 6.92 Å². The van der Waals surface area contributed by atoms with Crippen LogP contribution in [0.1, 0.15) is 31.4 Å². The maximum atomic E-state index is 6.33. The Labute approximate surface area is 121 Å². The molecule has 0 radical (unpaired) electrons. The fraction of sp³-hybridized carbons (Fsp3) is 0.600. The molecule has 2 rings (SSSR count). The first-order valence-corrected chi connectivity index (χ1v) is 7.33. The maximum Gasteiger partial charge on any atom is 0.0474 e. The van der Waals surface area contributed by atoms with E-state index >= 15 is 0 Å². The van der Waals surface area contributed by atoms with Crippen molar-refractivity contribution >= 4 is 17.3 Å². The molecule has 19 heavy (non-hydrogen) atoms. The molecule has 1 aliphatic rings. The van der Waals surface area contributed by atoms with Gasteiger partial charge in [-0.1, -0.05) is 17.7 Å². The van der Waals surface area contributed by atoms with Gasteiger partial charge in [0.2, 0.25) is 0 Å². The first kappa shape index (κ1) is 14.6. The molecule has 2 unspecified atom stereocenters. The van der Waals surface area contributed by atoms with Crippen molar-refractivity contribution in [1.82, 2.24) is 4.90 Å². The molecule has 0 bridgehead atoms. The molecule has 1 aromatic carbocycles. The van der Waals surface area contributed by atoms with Crippen LogP contribution in [0.5, 0.6) is 0 Å². The lowest BCUT2D eigenvalue weighted by Crippen LogP contribution is -2.45. The molecule has 1 heterocycles. The van der Waals surface area contributed by atoms with Crippen molar-refractivity contribution in [3.8, 4) is 0 Å². The van der Waals surface area contributed by atoms with Gasteiger partial charge in [-0.2, -0.15) is 0 Å². The van der Waals surface area contributed by atoms with Gasteiger partial charge in [-0.05, 0) is 51.6 Å². The smallest absolute Gasteiger partial charge is 0.0474 e. The SMILES string of the molecule is CC(N)c1ccc(N2CCCC(N(C)C)C2)cc1Cl. The quantitative estimate of drug-likeness (QED) is 0.925. The Morgan fingerprint density at radius 2 is 2.16 bits per heavy atom. The first-order valence-electron chi connectivity index (χ1n) is 6.95. The van der Waals surface area contributed by atoms with Crippen LogP contribution in [-0.2, 0) is 0 Å². The van der Waals surface area contributed by atoms with Crippen LogP contribution >= 0.6 is 11.6 Å². The van der Waals surface area contributed by atoms with Crippen molar-refractivity contribution in [2.75, 3.05) is 32.1 Å². The molecule has 0 aliphatic carbocycles. The highest BCUT2D eigenvalue weighted by molar-refractivity contribution is 6.31. The summed E-state index contributed by atoms with van der Waals surface area (Å²) in [5.41, 5.74) is 8.13. The Kier molecular flexibility index (Phi) is 4.71. The molecule has 2 N–H and O–H groups in total. The van der Waals surface area contributed by atoms with Crippen LogP contribution < -0.4 is 10.6 Å². The molecule has 106 valence electrons. The molecule has 0 amide bonds. The van der Waals surface area contributed by atoms with Gasteiger partial charge >= 0.3 is 0 Å². The molecule has 2 atom stereocenters. The summed E-state index contributed by atoms with van der Waals surface area (Å²) in [6.07, 6.45) is 2.50. The third-order valence-corrected chi connectivity index (χ3v) is 4.29. The predicted octanol–water partition coefficient (Wildman–Crippen LogP) is 2.89. The van der Waals surface area contributed by atoms with Crippen LogP contribution in [0.25, 0.3) is 0 Å². The summed E-state index contributed by atoms with van der Waals surface area (Å²) in [4.78, 5) is 4.73. The van der Waals surface area contributed by atoms with Crippen molar-refractivity contribution < 1.29 is 0 Å². The summed E-state index contributed by atoms with van der Waals surface area (Å²) in [6, 6.07) is 6.86. The number of anilines is 1. The van der Waals surface area contributed by atoms with Gasteiger partial charge in [-0.15, -0.1) is 0 Å². The van der Waals surface area contributed by atoms with Gasteiger partial charge in [0.1, 0.15) is 0 Å². The Balaban J connectivity index is 2.15. The van der Waals surface area contributed by atoms with E-state index in [1.54, 1.807) is 0 Å². The number of benzene rings is 1. The number of nitrogens with two attached hydrogens (primary N) is 1. The standard InChI is InChI=1S/C15H24ClN3/c1-11(17)14-7-6-12(9-15(14)16)19-8-4-5-13(10-19)18(2)3/h6-7,9,11,13H,4-5,8,10,17H2,1-3H3. The van der Waals surface area contributed by atoms with Crippen LogP contribution in [0.15, 0.2) is 18.2 Å². The zero-order chi connectivity index (χ0) is 14.0. The molecule has 0 saturated carbocycles. The normalized spacial score (nSPS) is 21.8. The lowest BCUT2D eigenvalue weighted by atomic mass is 10.0. The molecular weight excluding hydrogens is 258 g/mol. The molecule has 0 spiro atoms. The summed E-state index contributed by atoms with van der Waals surface area (Å²) in [6.45, 7) is 4.14. The minimum atomic E-state index is -0.0163. The first-order chi connectivity index (χ1) is 8.99. The summed E-state index contributed by atoms with van der Waals surface area (Å²) in [7, 11) is 4.31. The van der Waals surface area contributed by atoms with E-state index in [0.29, 0.717) is 6.04 Å². The third kappa shape index (κ3) is 3.41. The van der Waals surface area contributed by atoms with Crippen LogP contribution in [0, 0.1) is 0 Å². The molecule has 1 aliphatic heterocycles. The fourth-order valence-electron chi connectivity index (χ4n) is 2.69. The topological polar surface area (TPSA) is 32.5 Å². The van der Waals surface area contributed by atoms with Crippen LogP contribution in [-0.4, -0.2) is 38.1 Å². The van der Waals surface area contributed by atoms with Gasteiger partial charge in [0.15, 0.2) is 0 Å². The Hall–Kier alpha value is -0.770. The number of piperidine rings is 1. The van der Waals surface area contributed by atoms with Crippen LogP contribution in [0.2, 0.25) is 5.02 Å². The number of nitrogens with zero attached hydrogens (tertiary/aromatic N) is 2. The zero-order valence-electron chi connectivity index (χ0n) is 12.1. The summed E-state index contributed by atoms with van der Waals surface area (Å²) < 4.78 is 0. The largest absolute Gasteiger partial charge is 0.370 e. The Morgan fingerprint density at radius 1 is 1.42 bits per heavy atom. The average Bonchev–Trinajstić information content (AvgIpc) is 2.38. The van der Waals surface area contributed by atoms with E-state index in [4.69, 9.17) is 17.3 Å². The van der Waals surface area contributed by atoms with E-state index in [9.17, 15) is 0 Å². The van der Waals surface area contributed by atoms with E-state index < -0.39 is 0 Å². The van der Waals surface area contributed by atoms with E-state index in [-0.39, 0.29) is 6.04 Å². The average molecular weight is 282 g/mol. The van der Waals surface area contributed by atoms with Crippen LogP contribution in [0.4, 0.5) is 5.69 Å². The van der Waals surface area contributed by atoms with E-state index in [0.717, 1.165) is 23.7 Å². The van der Waals surface area contributed by atoms with Gasteiger partial charge in [-0.25, -0.2) is 0 Å². The molecule has 4 heteroatoms. The lowest BCUT2D eigenvalue weighted by molar-refractivity contribution is 0.258. The van der Waals surface area contributed by atoms with Gasteiger partial charge in [-0.3, -0.25) is 0 Å². The van der Waals surface area contributed by atoms with Crippen molar-refractivity contribution in [1.29, 1.82) is 0 Å². The minimum absolute atomic E-state index is 0.0163. The second kappa shape index (κ2) is 6.12. The minimum Gasteiger partial charge on any atom is -0.370 e. The highest BCUT2D eigenvalue weighted by Crippen LogP contribution is 2.29. The molecule has 1 fully saturated rings. The highest BCUT2D eigenvalue weighted by atomic mass is 35.5. The fourth-order valence-corrected chi connectivity index (χ4v) is 3.04. The summed E-state index contributed by atoms with van der Waals surface area (Å²) >= 11 is 6.33. The number of halogens is 1. The summed E-state index contributed by atoms with van der Waals surface area (Å²) in [5, 5.41) is 0.777. The van der Waals surface area contributed by atoms with Crippen molar-refractivity contribution in [3.63, 3.8) is 0 Å². The molecule has 0 aromatic heterocycles. The van der Waals surface area contributed by atoms with Crippen molar-refractivity contribution in [3.05, 3.63) is 28.8 Å². The van der Waals surface area contributed by atoms with Crippen molar-refractivity contribution in [2.24, 2.45) is 5.73 Å². The van der Waals surface area contributed by atoms with Crippen LogP contribution in [0.3, 0.4) is 0 Å². The number of rotatable bonds is 3. The van der Waals surface area contributed by atoms with Gasteiger partial charge < -0.3 is 15.5 Å². The van der Waals surface area contributed by atoms with Gasteiger partial charge in [0.25, 0.3) is 0 Å². The Morgan fingerprint density at radius 3 is 2.74 bits per heavy atom. The number of hydrogen-bond donors (Lipinski definition) is 1. The lowest BCUT2D eigenvalue weighted by Gasteiger charge is -2.37. The van der Waals surface area contributed by atoms with Gasteiger partial charge in [0, 0.05) is 35.9 Å². The highest BCUT2D eigenvalue weighted by Gasteiger charge is 2.22. The Bertz CT molecular complexity index is 431. The van der Waals surface area contributed by atoms with E-state index in [1.165, 1.54) is 18.5 Å². The van der Waals surface area contributed by atoms with Gasteiger partial charge in [0.05, 0.1) is 0 Å². The second-order valence-electron chi connectivity index (χ2n) is 5.70. The third-order valence-electron chi connectivity index (χ3n) is 3.97.